The van der Waals surface area contributed by atoms with Gasteiger partial charge in [0.15, 0.2) is 0 Å². The van der Waals surface area contributed by atoms with Crippen LogP contribution in [0.25, 0.3) is 0 Å². The number of hydrogen-bond donors (Lipinski definition) is 2. The Kier molecular flexibility index (Phi) is 5.58. The number of hydrogen-bond acceptors (Lipinski definition) is 4. The maximum absolute atomic E-state index is 12.5. The van der Waals surface area contributed by atoms with Crippen molar-refractivity contribution in [2.24, 2.45) is 0 Å². The molecule has 0 aromatic rings. The first kappa shape index (κ1) is 16.2. The van der Waals surface area contributed by atoms with Gasteiger partial charge in [0.2, 0.25) is 11.8 Å². The summed E-state index contributed by atoms with van der Waals surface area (Å²) in [4.78, 5) is 28.2. The molecule has 2 saturated heterocycles. The molecule has 0 saturated carbocycles. The van der Waals surface area contributed by atoms with Gasteiger partial charge < -0.3 is 15.5 Å². The maximum atomic E-state index is 12.5. The number of amides is 2. The highest BCUT2D eigenvalue weighted by Crippen LogP contribution is 2.24. The lowest BCUT2D eigenvalue weighted by Crippen LogP contribution is -2.54. The molecule has 0 aliphatic carbocycles. The van der Waals surface area contributed by atoms with E-state index in [0.29, 0.717) is 6.04 Å². The summed E-state index contributed by atoms with van der Waals surface area (Å²) in [5.41, 5.74) is 0. The molecule has 0 aromatic heterocycles. The minimum absolute atomic E-state index is 0.00809. The van der Waals surface area contributed by atoms with Crippen molar-refractivity contribution in [1.82, 2.24) is 20.4 Å². The van der Waals surface area contributed by atoms with Crippen LogP contribution in [-0.2, 0) is 9.59 Å². The van der Waals surface area contributed by atoms with Crippen molar-refractivity contribution in [2.75, 3.05) is 33.7 Å². The van der Waals surface area contributed by atoms with Crippen LogP contribution in [0, 0.1) is 0 Å². The monoisotopic (exact) mass is 296 g/mol. The van der Waals surface area contributed by atoms with E-state index < -0.39 is 6.04 Å². The second-order valence-electron chi connectivity index (χ2n) is 6.34. The molecule has 0 spiro atoms. The summed E-state index contributed by atoms with van der Waals surface area (Å²) in [6.45, 7) is 4.82. The standard InChI is InChI=1S/C15H28N4O2/c1-11(15(21)18(2)3)17-14(20)13-5-4-10-19(13)12-6-8-16-9-7-12/h11-13,16H,4-10H2,1-3H3,(H,17,20). The van der Waals surface area contributed by atoms with Crippen LogP contribution in [0.15, 0.2) is 0 Å². The average molecular weight is 296 g/mol. The SMILES string of the molecule is CC(NC(=O)C1CCCN1C1CCNCC1)C(=O)N(C)C. The van der Waals surface area contributed by atoms with E-state index in [0.717, 1.165) is 45.3 Å². The van der Waals surface area contributed by atoms with Gasteiger partial charge in [0.1, 0.15) is 6.04 Å². The van der Waals surface area contributed by atoms with Gasteiger partial charge in [-0.1, -0.05) is 0 Å². The Morgan fingerprint density at radius 3 is 2.52 bits per heavy atom. The van der Waals surface area contributed by atoms with Crippen molar-refractivity contribution < 1.29 is 9.59 Å². The highest BCUT2D eigenvalue weighted by molar-refractivity contribution is 5.89. The highest BCUT2D eigenvalue weighted by Gasteiger charge is 2.36. The minimum Gasteiger partial charge on any atom is -0.347 e. The van der Waals surface area contributed by atoms with E-state index in [1.54, 1.807) is 21.0 Å². The zero-order chi connectivity index (χ0) is 15.4. The zero-order valence-corrected chi connectivity index (χ0v) is 13.4. The summed E-state index contributed by atoms with van der Waals surface area (Å²) >= 11 is 0. The first-order valence-electron chi connectivity index (χ1n) is 7.98. The summed E-state index contributed by atoms with van der Waals surface area (Å²) < 4.78 is 0. The number of likely N-dealkylation sites (N-methyl/N-ethyl adjacent to an activating group) is 1. The van der Waals surface area contributed by atoms with Gasteiger partial charge in [-0.2, -0.15) is 0 Å². The van der Waals surface area contributed by atoms with Crippen molar-refractivity contribution in [2.45, 2.75) is 50.7 Å². The first-order valence-corrected chi connectivity index (χ1v) is 7.98. The summed E-state index contributed by atoms with van der Waals surface area (Å²) in [6.07, 6.45) is 4.18. The summed E-state index contributed by atoms with van der Waals surface area (Å²) in [7, 11) is 3.42. The van der Waals surface area contributed by atoms with E-state index in [1.165, 1.54) is 4.90 Å². The number of likely N-dealkylation sites (tertiary alicyclic amines) is 1. The second-order valence-corrected chi connectivity index (χ2v) is 6.34. The molecule has 6 nitrogen and oxygen atoms in total. The second kappa shape index (κ2) is 7.22. The molecule has 2 fully saturated rings. The van der Waals surface area contributed by atoms with Crippen LogP contribution in [0.3, 0.4) is 0 Å². The molecule has 2 amide bonds. The zero-order valence-electron chi connectivity index (χ0n) is 13.4. The molecule has 6 heteroatoms. The van der Waals surface area contributed by atoms with Crippen molar-refractivity contribution >= 4 is 11.8 Å². The van der Waals surface area contributed by atoms with Crippen molar-refractivity contribution in [3.05, 3.63) is 0 Å². The molecule has 2 N–H and O–H groups in total. The Morgan fingerprint density at radius 1 is 1.24 bits per heavy atom. The van der Waals surface area contributed by atoms with Crippen LogP contribution < -0.4 is 10.6 Å². The lowest BCUT2D eigenvalue weighted by atomic mass is 10.0. The molecule has 2 unspecified atom stereocenters. The van der Waals surface area contributed by atoms with Gasteiger partial charge in [0, 0.05) is 20.1 Å². The van der Waals surface area contributed by atoms with E-state index in [-0.39, 0.29) is 17.9 Å². The number of piperidine rings is 1. The van der Waals surface area contributed by atoms with Crippen LogP contribution in [0.2, 0.25) is 0 Å². The van der Waals surface area contributed by atoms with Crippen LogP contribution in [0.5, 0.6) is 0 Å². The Morgan fingerprint density at radius 2 is 1.90 bits per heavy atom. The molecule has 2 aliphatic rings. The van der Waals surface area contributed by atoms with Gasteiger partial charge in [-0.15, -0.1) is 0 Å². The van der Waals surface area contributed by atoms with E-state index in [2.05, 4.69) is 15.5 Å². The number of carbonyl (C=O) groups excluding carboxylic acids is 2. The molecule has 120 valence electrons. The molecule has 2 rings (SSSR count). The smallest absolute Gasteiger partial charge is 0.244 e. The Bertz CT molecular complexity index is 380. The number of nitrogens with zero attached hydrogens (tertiary/aromatic N) is 2. The Labute approximate surface area is 127 Å². The first-order chi connectivity index (χ1) is 10.0. The molecule has 2 atom stereocenters. The van der Waals surface area contributed by atoms with Crippen LogP contribution in [0.1, 0.15) is 32.6 Å². The molecule has 0 aromatic carbocycles. The van der Waals surface area contributed by atoms with Gasteiger partial charge in [-0.05, 0) is 52.2 Å². The molecular formula is C15H28N4O2. The predicted molar refractivity (Wildman–Crippen MR) is 81.9 cm³/mol. The van der Waals surface area contributed by atoms with Gasteiger partial charge in [0.25, 0.3) is 0 Å². The summed E-state index contributed by atoms with van der Waals surface area (Å²) in [5, 5.41) is 6.25. The lowest BCUT2D eigenvalue weighted by molar-refractivity contribution is -0.135. The van der Waals surface area contributed by atoms with Gasteiger partial charge in [-0.3, -0.25) is 14.5 Å². The largest absolute Gasteiger partial charge is 0.347 e. The number of carbonyl (C=O) groups is 2. The molecule has 0 bridgehead atoms. The Hall–Kier alpha value is -1.14. The van der Waals surface area contributed by atoms with Crippen molar-refractivity contribution in [3.63, 3.8) is 0 Å². The Balaban J connectivity index is 1.92. The third-order valence-electron chi connectivity index (χ3n) is 4.54. The van der Waals surface area contributed by atoms with E-state index in [1.807, 2.05) is 0 Å². The van der Waals surface area contributed by atoms with Crippen molar-refractivity contribution in [3.8, 4) is 0 Å². The topological polar surface area (TPSA) is 64.7 Å². The molecule has 0 radical (unpaired) electrons. The third kappa shape index (κ3) is 3.95. The average Bonchev–Trinajstić information content (AvgIpc) is 2.96. The van der Waals surface area contributed by atoms with E-state index in [4.69, 9.17) is 0 Å². The van der Waals surface area contributed by atoms with Gasteiger partial charge in [-0.25, -0.2) is 0 Å². The number of rotatable bonds is 4. The molecule has 2 aliphatic heterocycles. The minimum atomic E-state index is -0.456. The number of nitrogens with one attached hydrogen (secondary N) is 2. The molecule has 21 heavy (non-hydrogen) atoms. The molecular weight excluding hydrogens is 268 g/mol. The quantitative estimate of drug-likeness (QED) is 0.754. The normalized spacial score (nSPS) is 25.6. The van der Waals surface area contributed by atoms with Gasteiger partial charge >= 0.3 is 0 Å². The highest BCUT2D eigenvalue weighted by atomic mass is 16.2. The fourth-order valence-electron chi connectivity index (χ4n) is 3.40. The lowest BCUT2D eigenvalue weighted by Gasteiger charge is -2.35. The van der Waals surface area contributed by atoms with Crippen molar-refractivity contribution in [1.29, 1.82) is 0 Å². The molecule has 2 heterocycles. The van der Waals surface area contributed by atoms with E-state index >= 15 is 0 Å². The fraction of sp³-hybridized carbons (Fsp3) is 0.867. The van der Waals surface area contributed by atoms with E-state index in [9.17, 15) is 9.59 Å². The summed E-state index contributed by atoms with van der Waals surface area (Å²) in [5.74, 6) is -0.0523. The summed E-state index contributed by atoms with van der Waals surface area (Å²) in [6, 6.07) is -0.0159. The van der Waals surface area contributed by atoms with Crippen LogP contribution >= 0.6 is 0 Å². The third-order valence-corrected chi connectivity index (χ3v) is 4.54. The van der Waals surface area contributed by atoms with Crippen LogP contribution in [0.4, 0.5) is 0 Å². The fourth-order valence-corrected chi connectivity index (χ4v) is 3.40. The van der Waals surface area contributed by atoms with Gasteiger partial charge in [0.05, 0.1) is 6.04 Å². The van der Waals surface area contributed by atoms with Crippen LogP contribution in [-0.4, -0.2) is 73.5 Å². The maximum Gasteiger partial charge on any atom is 0.244 e. The predicted octanol–water partition coefficient (Wildman–Crippen LogP) is -0.204.